The first-order valence-electron chi connectivity index (χ1n) is 14.6. The van der Waals surface area contributed by atoms with Crippen LogP contribution in [0.4, 0.5) is 11.4 Å². The monoisotopic (exact) mass is 614 g/mol. The Morgan fingerprint density at radius 3 is 2.12 bits per heavy atom. The van der Waals surface area contributed by atoms with Crippen LogP contribution in [0.5, 0.6) is 0 Å². The minimum atomic E-state index is -1.17. The highest BCUT2D eigenvalue weighted by Crippen LogP contribution is 2.48. The van der Waals surface area contributed by atoms with E-state index in [1.807, 2.05) is 85.8 Å². The van der Waals surface area contributed by atoms with Crippen LogP contribution >= 0.6 is 11.6 Å². The van der Waals surface area contributed by atoms with Crippen LogP contribution in [0.15, 0.2) is 36.4 Å². The second kappa shape index (κ2) is 17.3. The number of benzene rings is 3. The van der Waals surface area contributed by atoms with Gasteiger partial charge in [-0.05, 0) is 106 Å². The van der Waals surface area contributed by atoms with E-state index >= 15 is 0 Å². The summed E-state index contributed by atoms with van der Waals surface area (Å²) in [7, 11) is 4.54. The molecule has 3 aromatic carbocycles. The van der Waals surface area contributed by atoms with E-state index in [-0.39, 0.29) is 0 Å². The summed E-state index contributed by atoms with van der Waals surface area (Å²) in [5.74, 6) is -1.03. The van der Waals surface area contributed by atoms with Crippen molar-refractivity contribution in [2.75, 3.05) is 45.1 Å². The molecule has 4 N–H and O–H groups in total. The number of hydrogen-bond donors (Lipinski definition) is 4. The van der Waals surface area contributed by atoms with E-state index in [0.717, 1.165) is 63.0 Å². The zero-order valence-corrected chi connectivity index (χ0v) is 28.7. The number of anilines is 2. The molecular weight excluding hydrogens is 564 g/mol. The molecule has 0 aliphatic heterocycles. The van der Waals surface area contributed by atoms with Gasteiger partial charge in [-0.2, -0.15) is 0 Å². The molecule has 0 heterocycles. The van der Waals surface area contributed by atoms with E-state index < -0.39 is 17.7 Å². The Kier molecular flexibility index (Phi) is 15.2. The number of aliphatic hydroxyl groups is 1. The summed E-state index contributed by atoms with van der Waals surface area (Å²) >= 11 is 6.38. The molecule has 0 radical (unpaired) electrons. The summed E-state index contributed by atoms with van der Waals surface area (Å²) in [5, 5.41) is 25.0. The molecule has 3 rings (SSSR count). The van der Waals surface area contributed by atoms with Crippen molar-refractivity contribution >= 4 is 28.9 Å². The smallest absolute Gasteiger partial charge is 0.337 e. The fraction of sp³-hybridized carbons (Fsp3) is 0.457. The van der Waals surface area contributed by atoms with E-state index in [2.05, 4.69) is 30.5 Å². The number of carboxylic acids is 1. The predicted octanol–water partition coefficient (Wildman–Crippen LogP) is 8.58. The quantitative estimate of drug-likeness (QED) is 0.170. The van der Waals surface area contributed by atoms with Gasteiger partial charge >= 0.3 is 5.97 Å². The summed E-state index contributed by atoms with van der Waals surface area (Å²) in [4.78, 5) is 12.8. The average molecular weight is 615 g/mol. The first-order valence-corrected chi connectivity index (χ1v) is 15.0. The topological polar surface area (TPSA) is 100 Å². The fourth-order valence-electron chi connectivity index (χ4n) is 5.14. The maximum Gasteiger partial charge on any atom is 0.337 e. The summed E-state index contributed by atoms with van der Waals surface area (Å²) in [6.45, 7) is 18.9. The number of ether oxygens (including phenoxy) is 2. The van der Waals surface area contributed by atoms with Crippen molar-refractivity contribution in [1.82, 2.24) is 0 Å². The second-order valence-corrected chi connectivity index (χ2v) is 11.3. The van der Waals surface area contributed by atoms with Crippen LogP contribution in [0.3, 0.4) is 0 Å². The van der Waals surface area contributed by atoms with Crippen LogP contribution < -0.4 is 10.6 Å². The van der Waals surface area contributed by atoms with Crippen LogP contribution in [0.1, 0.15) is 68.5 Å². The van der Waals surface area contributed by atoms with Crippen molar-refractivity contribution in [2.45, 2.75) is 74.0 Å². The second-order valence-electron chi connectivity index (χ2n) is 10.8. The molecule has 0 fully saturated rings. The number of rotatable bonds is 10. The molecule has 43 heavy (non-hydrogen) atoms. The van der Waals surface area contributed by atoms with Crippen LogP contribution in [0.2, 0.25) is 5.02 Å². The molecule has 0 aromatic heterocycles. The summed E-state index contributed by atoms with van der Waals surface area (Å²) in [6.07, 6.45) is -1.17. The number of aryl methyl sites for hydroxylation is 1. The van der Waals surface area contributed by atoms with Gasteiger partial charge < -0.3 is 30.3 Å². The Labute approximate surface area is 263 Å². The number of nitrogens with one attached hydrogen (secondary N) is 2. The van der Waals surface area contributed by atoms with Gasteiger partial charge in [0.1, 0.15) is 0 Å². The molecular formula is C35H51ClN2O5. The molecule has 7 nitrogen and oxygen atoms in total. The molecule has 1 atom stereocenters. The van der Waals surface area contributed by atoms with Crippen molar-refractivity contribution in [3.05, 3.63) is 69.2 Å². The number of hydrogen-bond acceptors (Lipinski definition) is 6. The molecule has 0 saturated carbocycles. The lowest BCUT2D eigenvalue weighted by atomic mass is 9.81. The van der Waals surface area contributed by atoms with Gasteiger partial charge in [0.25, 0.3) is 0 Å². The number of aliphatic hydroxyl groups excluding tert-OH is 1. The Morgan fingerprint density at radius 1 is 0.977 bits per heavy atom. The standard InChI is InChI=1S/C32H41ClN2O4.C2H6.CH4O/c1-18-17-22(13-14-24(18)33)26-20(3)27(23-11-10-12-25(19(23)2)35-15-16-38-9)28(21(4)29(26)34-8)30(31(36)37)39-32(5,6)7;2*1-2/h10-14,17,30,34-35H,15-16H2,1-9H3,(H,36,37);1-2H3;2H,1H3. The van der Waals surface area contributed by atoms with Crippen molar-refractivity contribution < 1.29 is 24.5 Å². The van der Waals surface area contributed by atoms with Crippen LogP contribution in [0.25, 0.3) is 22.3 Å². The Hall–Kier alpha value is -3.10. The maximum atomic E-state index is 12.8. The van der Waals surface area contributed by atoms with Crippen molar-refractivity contribution in [3.8, 4) is 22.3 Å². The highest BCUT2D eigenvalue weighted by molar-refractivity contribution is 6.31. The van der Waals surface area contributed by atoms with Gasteiger partial charge in [0, 0.05) is 55.3 Å². The third-order valence-electron chi connectivity index (χ3n) is 6.93. The molecule has 0 bridgehead atoms. The number of halogens is 1. The van der Waals surface area contributed by atoms with Crippen molar-refractivity contribution in [3.63, 3.8) is 0 Å². The van der Waals surface area contributed by atoms with E-state index in [9.17, 15) is 9.90 Å². The maximum absolute atomic E-state index is 12.8. The van der Waals surface area contributed by atoms with E-state index in [0.29, 0.717) is 23.7 Å². The number of carboxylic acid groups (broad SMARTS) is 1. The van der Waals surface area contributed by atoms with Crippen molar-refractivity contribution in [2.24, 2.45) is 0 Å². The Morgan fingerprint density at radius 2 is 1.60 bits per heavy atom. The molecule has 8 heteroatoms. The molecule has 0 aliphatic rings. The van der Waals surface area contributed by atoms with Gasteiger partial charge in [0.15, 0.2) is 6.10 Å². The normalized spacial score (nSPS) is 11.5. The summed E-state index contributed by atoms with van der Waals surface area (Å²) in [5.41, 5.74) is 9.40. The number of aliphatic carboxylic acids is 1. The van der Waals surface area contributed by atoms with E-state index in [4.69, 9.17) is 26.2 Å². The van der Waals surface area contributed by atoms with Crippen LogP contribution in [-0.2, 0) is 14.3 Å². The zero-order valence-electron chi connectivity index (χ0n) is 28.0. The average Bonchev–Trinajstić information content (AvgIpc) is 2.97. The lowest BCUT2D eigenvalue weighted by molar-refractivity contribution is -0.160. The largest absolute Gasteiger partial charge is 0.479 e. The van der Waals surface area contributed by atoms with Gasteiger partial charge in [-0.1, -0.05) is 43.6 Å². The molecule has 1 unspecified atom stereocenters. The molecule has 238 valence electrons. The lowest BCUT2D eigenvalue weighted by Crippen LogP contribution is -2.28. The SMILES string of the molecule is CC.CNc1c(C)c(C(OC(C)(C)C)C(=O)O)c(-c2cccc(NCCOC)c2C)c(C)c1-c1ccc(Cl)c(C)c1.CO. The van der Waals surface area contributed by atoms with Crippen LogP contribution in [0, 0.1) is 27.7 Å². The molecule has 0 amide bonds. The van der Waals surface area contributed by atoms with E-state index in [1.165, 1.54) is 0 Å². The first-order chi connectivity index (χ1) is 20.3. The fourth-order valence-corrected chi connectivity index (χ4v) is 5.26. The minimum absolute atomic E-state index is 0.574. The Bertz CT molecular complexity index is 1370. The molecule has 3 aromatic rings. The Balaban J connectivity index is 0.00000221. The first kappa shape index (κ1) is 37.9. The molecule has 0 saturated heterocycles. The van der Waals surface area contributed by atoms with Gasteiger partial charge in [-0.25, -0.2) is 4.79 Å². The summed E-state index contributed by atoms with van der Waals surface area (Å²) in [6, 6.07) is 12.1. The van der Waals surface area contributed by atoms with Gasteiger partial charge in [-0.3, -0.25) is 0 Å². The van der Waals surface area contributed by atoms with E-state index in [1.54, 1.807) is 7.11 Å². The highest BCUT2D eigenvalue weighted by Gasteiger charge is 2.34. The highest BCUT2D eigenvalue weighted by atomic mass is 35.5. The van der Waals surface area contributed by atoms with Crippen molar-refractivity contribution in [1.29, 1.82) is 0 Å². The summed E-state index contributed by atoms with van der Waals surface area (Å²) < 4.78 is 11.5. The van der Waals surface area contributed by atoms with Gasteiger partial charge in [0.05, 0.1) is 12.2 Å². The van der Waals surface area contributed by atoms with Gasteiger partial charge in [0.2, 0.25) is 0 Å². The number of methoxy groups -OCH3 is 1. The zero-order chi connectivity index (χ0) is 33.1. The third kappa shape index (κ3) is 9.19. The third-order valence-corrected chi connectivity index (χ3v) is 7.35. The minimum Gasteiger partial charge on any atom is -0.479 e. The molecule has 0 spiro atoms. The molecule has 0 aliphatic carbocycles. The van der Waals surface area contributed by atoms with Crippen LogP contribution in [-0.4, -0.2) is 56.2 Å². The number of carbonyl (C=O) groups is 1. The lowest BCUT2D eigenvalue weighted by Gasteiger charge is -2.31. The predicted molar refractivity (Wildman–Crippen MR) is 182 cm³/mol. The van der Waals surface area contributed by atoms with Gasteiger partial charge in [-0.15, -0.1) is 0 Å².